The van der Waals surface area contributed by atoms with E-state index in [0.29, 0.717) is 6.42 Å². The second-order valence-corrected chi connectivity index (χ2v) is 4.37. The van der Waals surface area contributed by atoms with Crippen molar-refractivity contribution >= 4 is 0 Å². The molecule has 1 aromatic heterocycles. The number of aromatic nitrogens is 1. The summed E-state index contributed by atoms with van der Waals surface area (Å²) in [7, 11) is 0. The van der Waals surface area contributed by atoms with Crippen LogP contribution >= 0.6 is 0 Å². The summed E-state index contributed by atoms with van der Waals surface area (Å²) in [6.07, 6.45) is 3.69. The van der Waals surface area contributed by atoms with Crippen LogP contribution in [-0.2, 0) is 6.42 Å². The van der Waals surface area contributed by atoms with Crippen molar-refractivity contribution in [1.29, 1.82) is 0 Å². The highest BCUT2D eigenvalue weighted by Gasteiger charge is 2.11. The summed E-state index contributed by atoms with van der Waals surface area (Å²) in [5.41, 5.74) is 4.45. The number of aliphatic hydroxyl groups is 1. The van der Waals surface area contributed by atoms with E-state index in [1.54, 1.807) is 12.4 Å². The molecule has 1 aromatic carbocycles. The Bertz CT molecular complexity index is 494. The van der Waals surface area contributed by atoms with Gasteiger partial charge in [0.15, 0.2) is 0 Å². The quantitative estimate of drug-likeness (QED) is 0.874. The lowest BCUT2D eigenvalue weighted by atomic mass is 9.96. The molecule has 1 unspecified atom stereocenters. The fourth-order valence-electron chi connectivity index (χ4n) is 1.99. The van der Waals surface area contributed by atoms with Crippen LogP contribution in [0, 0.1) is 13.8 Å². The molecule has 0 saturated carbocycles. The number of hydrogen-bond acceptors (Lipinski definition) is 2. The van der Waals surface area contributed by atoms with Crippen LogP contribution in [0.4, 0.5) is 0 Å². The van der Waals surface area contributed by atoms with Crippen molar-refractivity contribution in [2.24, 2.45) is 0 Å². The summed E-state index contributed by atoms with van der Waals surface area (Å²) in [4.78, 5) is 4.06. The van der Waals surface area contributed by atoms with Gasteiger partial charge in [-0.1, -0.05) is 24.3 Å². The molecule has 0 fully saturated rings. The van der Waals surface area contributed by atoms with Gasteiger partial charge < -0.3 is 5.11 Å². The first-order valence-electron chi connectivity index (χ1n) is 5.81. The summed E-state index contributed by atoms with van der Waals surface area (Å²) >= 11 is 0. The Hall–Kier alpha value is -1.67. The molecular weight excluding hydrogens is 210 g/mol. The van der Waals surface area contributed by atoms with Crippen LogP contribution < -0.4 is 0 Å². The third kappa shape index (κ3) is 2.71. The van der Waals surface area contributed by atoms with Gasteiger partial charge in [-0.05, 0) is 42.2 Å². The van der Waals surface area contributed by atoms with E-state index in [4.69, 9.17) is 0 Å². The minimum Gasteiger partial charge on any atom is -0.388 e. The van der Waals surface area contributed by atoms with Crippen molar-refractivity contribution in [2.45, 2.75) is 26.4 Å². The number of aryl methyl sites for hydroxylation is 1. The van der Waals surface area contributed by atoms with Crippen LogP contribution in [0.2, 0.25) is 0 Å². The SMILES string of the molecule is Cc1cccc(C(O)Cc2cccnc2)c1C. The zero-order valence-electron chi connectivity index (χ0n) is 10.2. The molecule has 2 heteroatoms. The zero-order valence-corrected chi connectivity index (χ0v) is 10.2. The van der Waals surface area contributed by atoms with E-state index in [0.717, 1.165) is 11.1 Å². The Kier molecular flexibility index (Phi) is 3.55. The van der Waals surface area contributed by atoms with Gasteiger partial charge in [-0.3, -0.25) is 4.98 Å². The minimum absolute atomic E-state index is 0.459. The van der Waals surface area contributed by atoms with Gasteiger partial charge in [0, 0.05) is 18.8 Å². The topological polar surface area (TPSA) is 33.1 Å². The lowest BCUT2D eigenvalue weighted by Gasteiger charge is -2.15. The predicted molar refractivity (Wildman–Crippen MR) is 68.8 cm³/mol. The molecule has 0 aliphatic rings. The maximum absolute atomic E-state index is 10.3. The van der Waals surface area contributed by atoms with Crippen LogP contribution in [0.15, 0.2) is 42.7 Å². The molecule has 2 nitrogen and oxygen atoms in total. The van der Waals surface area contributed by atoms with Gasteiger partial charge in [0.2, 0.25) is 0 Å². The standard InChI is InChI=1S/C15H17NO/c1-11-5-3-7-14(12(11)2)15(17)9-13-6-4-8-16-10-13/h3-8,10,15,17H,9H2,1-2H3. The van der Waals surface area contributed by atoms with Crippen molar-refractivity contribution < 1.29 is 5.11 Å². The van der Waals surface area contributed by atoms with Gasteiger partial charge in [-0.15, -0.1) is 0 Å². The summed E-state index contributed by atoms with van der Waals surface area (Å²) in [6.45, 7) is 4.12. The second-order valence-electron chi connectivity index (χ2n) is 4.37. The van der Waals surface area contributed by atoms with Gasteiger partial charge in [-0.25, -0.2) is 0 Å². The Morgan fingerprint density at radius 1 is 1.18 bits per heavy atom. The molecule has 1 heterocycles. The first-order chi connectivity index (χ1) is 8.18. The van der Waals surface area contributed by atoms with Crippen LogP contribution in [-0.4, -0.2) is 10.1 Å². The Balaban J connectivity index is 2.20. The first-order valence-corrected chi connectivity index (χ1v) is 5.81. The van der Waals surface area contributed by atoms with Gasteiger partial charge >= 0.3 is 0 Å². The van der Waals surface area contributed by atoms with Crippen LogP contribution in [0.3, 0.4) is 0 Å². The molecular formula is C15H17NO. The molecule has 0 spiro atoms. The van der Waals surface area contributed by atoms with E-state index in [2.05, 4.69) is 24.9 Å². The van der Waals surface area contributed by atoms with E-state index in [9.17, 15) is 5.11 Å². The monoisotopic (exact) mass is 227 g/mol. The van der Waals surface area contributed by atoms with Crippen molar-refractivity contribution in [2.75, 3.05) is 0 Å². The molecule has 0 aliphatic carbocycles. The molecule has 88 valence electrons. The number of benzene rings is 1. The fraction of sp³-hybridized carbons (Fsp3) is 0.267. The third-order valence-electron chi connectivity index (χ3n) is 3.16. The van der Waals surface area contributed by atoms with E-state index in [1.807, 2.05) is 24.3 Å². The molecule has 0 aliphatic heterocycles. The Morgan fingerprint density at radius 2 is 2.00 bits per heavy atom. The van der Waals surface area contributed by atoms with E-state index >= 15 is 0 Å². The Morgan fingerprint density at radius 3 is 2.71 bits per heavy atom. The van der Waals surface area contributed by atoms with Crippen molar-refractivity contribution in [3.63, 3.8) is 0 Å². The van der Waals surface area contributed by atoms with Gasteiger partial charge in [0.1, 0.15) is 0 Å². The number of rotatable bonds is 3. The highest BCUT2D eigenvalue weighted by atomic mass is 16.3. The maximum Gasteiger partial charge on any atom is 0.0833 e. The van der Waals surface area contributed by atoms with Crippen molar-refractivity contribution in [3.05, 3.63) is 65.0 Å². The number of aliphatic hydroxyl groups excluding tert-OH is 1. The third-order valence-corrected chi connectivity index (χ3v) is 3.16. The normalized spacial score (nSPS) is 12.4. The van der Waals surface area contributed by atoms with Crippen LogP contribution in [0.5, 0.6) is 0 Å². The number of nitrogens with zero attached hydrogens (tertiary/aromatic N) is 1. The maximum atomic E-state index is 10.3. The largest absolute Gasteiger partial charge is 0.388 e. The van der Waals surface area contributed by atoms with E-state index < -0.39 is 6.10 Å². The molecule has 0 bridgehead atoms. The predicted octanol–water partition coefficient (Wildman–Crippen LogP) is 2.97. The average Bonchev–Trinajstić information content (AvgIpc) is 2.34. The van der Waals surface area contributed by atoms with Gasteiger partial charge in [0.25, 0.3) is 0 Å². The molecule has 0 radical (unpaired) electrons. The molecule has 1 atom stereocenters. The molecule has 0 saturated heterocycles. The van der Waals surface area contributed by atoms with Crippen molar-refractivity contribution in [3.8, 4) is 0 Å². The highest BCUT2D eigenvalue weighted by Crippen LogP contribution is 2.23. The lowest BCUT2D eigenvalue weighted by molar-refractivity contribution is 0.177. The van der Waals surface area contributed by atoms with Crippen LogP contribution in [0.1, 0.15) is 28.4 Å². The second kappa shape index (κ2) is 5.11. The summed E-state index contributed by atoms with van der Waals surface area (Å²) in [5.74, 6) is 0. The number of hydrogen-bond donors (Lipinski definition) is 1. The lowest BCUT2D eigenvalue weighted by Crippen LogP contribution is -2.05. The highest BCUT2D eigenvalue weighted by molar-refractivity contribution is 5.35. The fourth-order valence-corrected chi connectivity index (χ4v) is 1.99. The summed E-state index contributed by atoms with van der Waals surface area (Å²) in [6, 6.07) is 9.93. The van der Waals surface area contributed by atoms with Gasteiger partial charge in [-0.2, -0.15) is 0 Å². The van der Waals surface area contributed by atoms with Crippen LogP contribution in [0.25, 0.3) is 0 Å². The van der Waals surface area contributed by atoms with E-state index in [1.165, 1.54) is 11.1 Å². The van der Waals surface area contributed by atoms with Gasteiger partial charge in [0.05, 0.1) is 6.10 Å². The molecule has 0 amide bonds. The smallest absolute Gasteiger partial charge is 0.0833 e. The first kappa shape index (κ1) is 11.8. The molecule has 2 rings (SSSR count). The Labute approximate surface area is 102 Å². The molecule has 2 aromatic rings. The molecule has 17 heavy (non-hydrogen) atoms. The average molecular weight is 227 g/mol. The zero-order chi connectivity index (χ0) is 12.3. The summed E-state index contributed by atoms with van der Waals surface area (Å²) in [5, 5.41) is 10.3. The summed E-state index contributed by atoms with van der Waals surface area (Å²) < 4.78 is 0. The van der Waals surface area contributed by atoms with E-state index in [-0.39, 0.29) is 0 Å². The number of pyridine rings is 1. The minimum atomic E-state index is -0.459. The van der Waals surface area contributed by atoms with Crippen molar-refractivity contribution in [1.82, 2.24) is 4.98 Å². The molecule has 1 N–H and O–H groups in total.